The lowest BCUT2D eigenvalue weighted by Gasteiger charge is -2.22. The highest BCUT2D eigenvalue weighted by Gasteiger charge is 2.11. The predicted octanol–water partition coefficient (Wildman–Crippen LogP) is 2.00. The Bertz CT molecular complexity index is 187. The van der Waals surface area contributed by atoms with Gasteiger partial charge < -0.3 is 10.2 Å². The number of amides is 1. The van der Waals surface area contributed by atoms with Gasteiger partial charge in [-0.1, -0.05) is 12.8 Å². The van der Waals surface area contributed by atoms with Gasteiger partial charge in [0.2, 0.25) is 5.91 Å². The van der Waals surface area contributed by atoms with E-state index in [1.165, 1.54) is 25.7 Å². The molecule has 1 aliphatic rings. The SMILES string of the molecule is O=C(CCl)N1CCCCCNCCCCC1. The van der Waals surface area contributed by atoms with Crippen LogP contribution in [0.3, 0.4) is 0 Å². The Morgan fingerprint density at radius 3 is 2.06 bits per heavy atom. The van der Waals surface area contributed by atoms with Crippen LogP contribution in [0.25, 0.3) is 0 Å². The molecule has 1 heterocycles. The van der Waals surface area contributed by atoms with E-state index in [1.54, 1.807) is 0 Å². The van der Waals surface area contributed by atoms with Gasteiger partial charge in [0.25, 0.3) is 0 Å². The van der Waals surface area contributed by atoms with Gasteiger partial charge in [0.1, 0.15) is 5.88 Å². The molecule has 1 N–H and O–H groups in total. The van der Waals surface area contributed by atoms with Crippen LogP contribution in [-0.4, -0.2) is 42.9 Å². The van der Waals surface area contributed by atoms with E-state index in [2.05, 4.69) is 5.32 Å². The monoisotopic (exact) mass is 246 g/mol. The van der Waals surface area contributed by atoms with Crippen LogP contribution < -0.4 is 5.32 Å². The smallest absolute Gasteiger partial charge is 0.237 e. The standard InChI is InChI=1S/C12H23ClN2O/c13-11-12(16)15-9-5-1-3-7-14-8-4-2-6-10-15/h14H,1-11H2. The van der Waals surface area contributed by atoms with Crippen LogP contribution in [0.4, 0.5) is 0 Å². The number of hydrogen-bond acceptors (Lipinski definition) is 2. The van der Waals surface area contributed by atoms with Gasteiger partial charge in [-0.2, -0.15) is 0 Å². The van der Waals surface area contributed by atoms with Crippen molar-refractivity contribution in [2.75, 3.05) is 32.1 Å². The summed E-state index contributed by atoms with van der Waals surface area (Å²) < 4.78 is 0. The summed E-state index contributed by atoms with van der Waals surface area (Å²) in [5.41, 5.74) is 0. The quantitative estimate of drug-likeness (QED) is 0.718. The van der Waals surface area contributed by atoms with E-state index < -0.39 is 0 Å². The van der Waals surface area contributed by atoms with Gasteiger partial charge in [-0.05, 0) is 38.8 Å². The van der Waals surface area contributed by atoms with Crippen molar-refractivity contribution in [1.82, 2.24) is 10.2 Å². The van der Waals surface area contributed by atoms with Gasteiger partial charge in [0, 0.05) is 13.1 Å². The molecule has 94 valence electrons. The highest BCUT2D eigenvalue weighted by molar-refractivity contribution is 6.27. The van der Waals surface area contributed by atoms with Crippen molar-refractivity contribution in [3.05, 3.63) is 0 Å². The van der Waals surface area contributed by atoms with Crippen molar-refractivity contribution < 1.29 is 4.79 Å². The van der Waals surface area contributed by atoms with E-state index in [0.717, 1.165) is 39.0 Å². The number of nitrogens with one attached hydrogen (secondary N) is 1. The van der Waals surface area contributed by atoms with Crippen molar-refractivity contribution in [2.24, 2.45) is 0 Å². The molecule has 0 aliphatic carbocycles. The van der Waals surface area contributed by atoms with E-state index in [1.807, 2.05) is 4.90 Å². The van der Waals surface area contributed by atoms with Gasteiger partial charge >= 0.3 is 0 Å². The summed E-state index contributed by atoms with van der Waals surface area (Å²) in [6.45, 7) is 3.99. The van der Waals surface area contributed by atoms with Crippen LogP contribution in [0, 0.1) is 0 Å². The summed E-state index contributed by atoms with van der Waals surface area (Å²) in [5.74, 6) is 0.221. The minimum atomic E-state index is 0.0943. The summed E-state index contributed by atoms with van der Waals surface area (Å²) in [4.78, 5) is 13.5. The first-order chi connectivity index (χ1) is 7.84. The molecule has 0 spiro atoms. The van der Waals surface area contributed by atoms with Crippen LogP contribution in [0.15, 0.2) is 0 Å². The number of nitrogens with zero attached hydrogens (tertiary/aromatic N) is 1. The normalized spacial score (nSPS) is 20.9. The maximum Gasteiger partial charge on any atom is 0.237 e. The molecule has 0 saturated carbocycles. The zero-order chi connectivity index (χ0) is 11.6. The maximum absolute atomic E-state index is 11.6. The molecular formula is C12H23ClN2O. The number of rotatable bonds is 1. The zero-order valence-corrected chi connectivity index (χ0v) is 10.8. The molecule has 1 aliphatic heterocycles. The van der Waals surface area contributed by atoms with Crippen LogP contribution >= 0.6 is 11.6 Å². The minimum absolute atomic E-state index is 0.0943. The Kier molecular flexibility index (Phi) is 7.60. The lowest BCUT2D eigenvalue weighted by molar-refractivity contribution is -0.128. The Morgan fingerprint density at radius 1 is 1.00 bits per heavy atom. The third kappa shape index (κ3) is 5.71. The fourth-order valence-electron chi connectivity index (χ4n) is 2.03. The number of hydrogen-bond donors (Lipinski definition) is 1. The number of carbonyl (C=O) groups is 1. The molecule has 0 bridgehead atoms. The Hall–Kier alpha value is -0.280. The second-order valence-electron chi connectivity index (χ2n) is 4.39. The number of alkyl halides is 1. The van der Waals surface area contributed by atoms with Crippen molar-refractivity contribution >= 4 is 17.5 Å². The average Bonchev–Trinajstić information content (AvgIpc) is 2.29. The summed E-state index contributed by atoms with van der Waals surface area (Å²) in [7, 11) is 0. The summed E-state index contributed by atoms with van der Waals surface area (Å²) >= 11 is 5.61. The first-order valence-electron chi connectivity index (χ1n) is 6.39. The zero-order valence-electron chi connectivity index (χ0n) is 10.0. The fraction of sp³-hybridized carbons (Fsp3) is 0.917. The van der Waals surface area contributed by atoms with E-state index in [0.29, 0.717) is 0 Å². The molecule has 1 fully saturated rings. The molecule has 0 atom stereocenters. The molecule has 0 aromatic carbocycles. The summed E-state index contributed by atoms with van der Waals surface area (Å²) in [6.07, 6.45) is 7.01. The van der Waals surface area contributed by atoms with Crippen LogP contribution in [0.2, 0.25) is 0 Å². The Labute approximate surface area is 104 Å². The van der Waals surface area contributed by atoms with Crippen molar-refractivity contribution in [3.8, 4) is 0 Å². The van der Waals surface area contributed by atoms with E-state index in [4.69, 9.17) is 11.6 Å². The molecule has 16 heavy (non-hydrogen) atoms. The maximum atomic E-state index is 11.6. The first kappa shape index (κ1) is 13.8. The lowest BCUT2D eigenvalue weighted by Crippen LogP contribution is -2.34. The van der Waals surface area contributed by atoms with Crippen molar-refractivity contribution in [2.45, 2.75) is 38.5 Å². The molecular weight excluding hydrogens is 224 g/mol. The number of halogens is 1. The number of carbonyl (C=O) groups excluding carboxylic acids is 1. The van der Waals surface area contributed by atoms with Crippen molar-refractivity contribution in [3.63, 3.8) is 0 Å². The first-order valence-corrected chi connectivity index (χ1v) is 6.92. The highest BCUT2D eigenvalue weighted by Crippen LogP contribution is 2.05. The van der Waals surface area contributed by atoms with Crippen LogP contribution in [0.5, 0.6) is 0 Å². The van der Waals surface area contributed by atoms with Crippen LogP contribution in [-0.2, 0) is 4.79 Å². The molecule has 1 saturated heterocycles. The molecule has 0 aromatic heterocycles. The second kappa shape index (κ2) is 8.82. The average molecular weight is 247 g/mol. The Morgan fingerprint density at radius 2 is 1.56 bits per heavy atom. The third-order valence-corrected chi connectivity index (χ3v) is 3.26. The third-order valence-electron chi connectivity index (χ3n) is 3.03. The fourth-order valence-corrected chi connectivity index (χ4v) is 2.20. The molecule has 1 amide bonds. The van der Waals surface area contributed by atoms with E-state index in [9.17, 15) is 4.79 Å². The lowest BCUT2D eigenvalue weighted by atomic mass is 10.1. The molecule has 0 radical (unpaired) electrons. The summed E-state index contributed by atoms with van der Waals surface area (Å²) in [5, 5.41) is 3.45. The van der Waals surface area contributed by atoms with Gasteiger partial charge in [-0.25, -0.2) is 0 Å². The molecule has 0 unspecified atom stereocenters. The molecule has 3 nitrogen and oxygen atoms in total. The Balaban J connectivity index is 2.33. The summed E-state index contributed by atoms with van der Waals surface area (Å²) in [6, 6.07) is 0. The topological polar surface area (TPSA) is 32.3 Å². The largest absolute Gasteiger partial charge is 0.342 e. The molecule has 0 aromatic rings. The van der Waals surface area contributed by atoms with Crippen LogP contribution in [0.1, 0.15) is 38.5 Å². The van der Waals surface area contributed by atoms with Crippen molar-refractivity contribution in [1.29, 1.82) is 0 Å². The van der Waals surface area contributed by atoms with E-state index in [-0.39, 0.29) is 11.8 Å². The minimum Gasteiger partial charge on any atom is -0.342 e. The van der Waals surface area contributed by atoms with E-state index >= 15 is 0 Å². The molecule has 4 heteroatoms. The predicted molar refractivity (Wildman–Crippen MR) is 67.9 cm³/mol. The van der Waals surface area contributed by atoms with Gasteiger partial charge in [-0.15, -0.1) is 11.6 Å². The van der Waals surface area contributed by atoms with Gasteiger partial charge in [0.05, 0.1) is 0 Å². The van der Waals surface area contributed by atoms with Gasteiger partial charge in [0.15, 0.2) is 0 Å². The highest BCUT2D eigenvalue weighted by atomic mass is 35.5. The molecule has 1 rings (SSSR count). The second-order valence-corrected chi connectivity index (χ2v) is 4.65. The van der Waals surface area contributed by atoms with Gasteiger partial charge in [-0.3, -0.25) is 4.79 Å².